The number of aryl methyl sites for hydroxylation is 1. The van der Waals surface area contributed by atoms with Crippen molar-refractivity contribution in [2.45, 2.75) is 45.5 Å². The highest BCUT2D eigenvalue weighted by Crippen LogP contribution is 2.31. The first-order valence-corrected chi connectivity index (χ1v) is 12.3. The number of ether oxygens (including phenoxy) is 1. The minimum absolute atomic E-state index is 0.0564. The number of hydrogen-bond acceptors (Lipinski definition) is 5. The molecule has 1 aliphatic heterocycles. The Balaban J connectivity index is 1.28. The van der Waals surface area contributed by atoms with Gasteiger partial charge in [-0.3, -0.25) is 4.79 Å². The van der Waals surface area contributed by atoms with E-state index in [1.54, 1.807) is 4.90 Å². The molecule has 13 heteroatoms. The molecule has 3 aromatic rings. The largest absolute Gasteiger partial charge is 0.481 e. The smallest absolute Gasteiger partial charge is 0.435 e. The molecule has 0 saturated carbocycles. The fraction of sp³-hybridized carbons (Fsp3) is 0.435. The molecule has 6 nitrogen and oxygen atoms in total. The molecule has 0 N–H and O–H groups in total. The number of likely N-dealkylation sites (tertiary alicyclic amines) is 1. The summed E-state index contributed by atoms with van der Waals surface area (Å²) in [7, 11) is 0. The van der Waals surface area contributed by atoms with Crippen molar-refractivity contribution >= 4 is 28.8 Å². The van der Waals surface area contributed by atoms with E-state index < -0.39 is 29.3 Å². The van der Waals surface area contributed by atoms with Gasteiger partial charge in [-0.2, -0.15) is 18.3 Å². The summed E-state index contributed by atoms with van der Waals surface area (Å²) in [6.07, 6.45) is -2.54. The standard InChI is InChI=1S/C23H22ClF5N4O2S/c1-13-17(12-35-22-15(25)3-2-4-16(22)26)30-20(36-13)9-14-5-7-32(8-6-14)21(34)11-33-19(24)10-18(31-33)23(27,28)29/h2-4,10,14H,5-9,11-12H2,1H3. The zero-order valence-corrected chi connectivity index (χ0v) is 20.7. The second kappa shape index (κ2) is 10.7. The first-order valence-electron chi connectivity index (χ1n) is 11.1. The molecule has 0 unspecified atom stereocenters. The molecule has 4 rings (SSSR count). The van der Waals surface area contributed by atoms with E-state index in [1.807, 2.05) is 6.92 Å². The molecular formula is C23H22ClF5N4O2S. The summed E-state index contributed by atoms with van der Waals surface area (Å²) in [6.45, 7) is 2.36. The number of benzene rings is 1. The number of carbonyl (C=O) groups is 1. The van der Waals surface area contributed by atoms with E-state index in [0.717, 1.165) is 26.7 Å². The van der Waals surface area contributed by atoms with Crippen LogP contribution in [0.4, 0.5) is 22.0 Å². The second-order valence-corrected chi connectivity index (χ2v) is 10.2. The van der Waals surface area contributed by atoms with Crippen LogP contribution in [0.5, 0.6) is 5.75 Å². The molecule has 0 atom stereocenters. The van der Waals surface area contributed by atoms with E-state index in [9.17, 15) is 26.7 Å². The molecule has 1 aromatic carbocycles. The van der Waals surface area contributed by atoms with Crippen molar-refractivity contribution in [3.05, 3.63) is 62.3 Å². The fourth-order valence-electron chi connectivity index (χ4n) is 3.97. The minimum atomic E-state index is -4.63. The summed E-state index contributed by atoms with van der Waals surface area (Å²) >= 11 is 7.30. The normalized spacial score (nSPS) is 14.9. The Hall–Kier alpha value is -2.73. The van der Waals surface area contributed by atoms with E-state index in [0.29, 0.717) is 44.1 Å². The molecule has 1 aliphatic rings. The molecule has 1 fully saturated rings. The van der Waals surface area contributed by atoms with Crippen LogP contribution in [0.25, 0.3) is 0 Å². The zero-order chi connectivity index (χ0) is 26.0. The minimum Gasteiger partial charge on any atom is -0.481 e. The van der Waals surface area contributed by atoms with Gasteiger partial charge in [0.05, 0.1) is 10.7 Å². The topological polar surface area (TPSA) is 60.2 Å². The number of hydrogen-bond donors (Lipinski definition) is 0. The summed E-state index contributed by atoms with van der Waals surface area (Å²) in [5.41, 5.74) is -0.527. The quantitative estimate of drug-likeness (QED) is 0.358. The zero-order valence-electron chi connectivity index (χ0n) is 19.1. The highest BCUT2D eigenvalue weighted by Gasteiger charge is 2.35. The van der Waals surface area contributed by atoms with Crippen LogP contribution in [-0.4, -0.2) is 38.7 Å². The first kappa shape index (κ1) is 26.3. The molecule has 2 aromatic heterocycles. The first-order chi connectivity index (χ1) is 17.0. The third-order valence-corrected chi connectivity index (χ3v) is 7.29. The lowest BCUT2D eigenvalue weighted by Crippen LogP contribution is -2.40. The maximum absolute atomic E-state index is 13.8. The van der Waals surface area contributed by atoms with Crippen molar-refractivity contribution in [1.82, 2.24) is 19.7 Å². The Morgan fingerprint density at radius 2 is 1.89 bits per heavy atom. The number of nitrogens with zero attached hydrogens (tertiary/aromatic N) is 4. The Labute approximate surface area is 212 Å². The number of para-hydroxylation sites is 1. The van der Waals surface area contributed by atoms with Gasteiger partial charge >= 0.3 is 6.18 Å². The van der Waals surface area contributed by atoms with E-state index >= 15 is 0 Å². The van der Waals surface area contributed by atoms with Crippen LogP contribution in [-0.2, 0) is 30.5 Å². The van der Waals surface area contributed by atoms with Crippen LogP contribution in [0.3, 0.4) is 0 Å². The number of halogens is 6. The van der Waals surface area contributed by atoms with Gasteiger partial charge < -0.3 is 9.64 Å². The molecule has 0 radical (unpaired) electrons. The lowest BCUT2D eigenvalue weighted by molar-refractivity contribution is -0.142. The number of carbonyl (C=O) groups excluding carboxylic acids is 1. The lowest BCUT2D eigenvalue weighted by Gasteiger charge is -2.31. The van der Waals surface area contributed by atoms with Gasteiger partial charge in [0, 0.05) is 30.5 Å². The van der Waals surface area contributed by atoms with Crippen molar-refractivity contribution in [1.29, 1.82) is 0 Å². The fourth-order valence-corrected chi connectivity index (χ4v) is 5.23. The Morgan fingerprint density at radius 3 is 2.50 bits per heavy atom. The van der Waals surface area contributed by atoms with Gasteiger partial charge in [-0.05, 0) is 37.8 Å². The summed E-state index contributed by atoms with van der Waals surface area (Å²) in [4.78, 5) is 19.6. The average molecular weight is 549 g/mol. The molecular weight excluding hydrogens is 527 g/mol. The highest BCUT2D eigenvalue weighted by atomic mass is 35.5. The number of aromatic nitrogens is 3. The summed E-state index contributed by atoms with van der Waals surface area (Å²) in [6, 6.07) is 4.21. The van der Waals surface area contributed by atoms with Gasteiger partial charge in [-0.25, -0.2) is 18.4 Å². The van der Waals surface area contributed by atoms with Gasteiger partial charge in [-0.15, -0.1) is 11.3 Å². The van der Waals surface area contributed by atoms with Gasteiger partial charge in [0.1, 0.15) is 18.3 Å². The second-order valence-electron chi connectivity index (χ2n) is 8.49. The number of amides is 1. The van der Waals surface area contributed by atoms with E-state index in [2.05, 4.69) is 10.1 Å². The van der Waals surface area contributed by atoms with Crippen LogP contribution in [0.15, 0.2) is 24.3 Å². The van der Waals surface area contributed by atoms with Gasteiger partial charge in [0.2, 0.25) is 5.91 Å². The Bertz CT molecular complexity index is 1220. The summed E-state index contributed by atoms with van der Waals surface area (Å²) < 4.78 is 72.2. The SMILES string of the molecule is Cc1sc(CC2CCN(C(=O)Cn3nc(C(F)(F)F)cc3Cl)CC2)nc1COc1c(F)cccc1F. The number of thiazole rings is 1. The van der Waals surface area contributed by atoms with Crippen LogP contribution in [0, 0.1) is 24.5 Å². The number of piperidine rings is 1. The van der Waals surface area contributed by atoms with E-state index in [1.165, 1.54) is 17.4 Å². The van der Waals surface area contributed by atoms with Crippen LogP contribution in [0.2, 0.25) is 5.15 Å². The predicted octanol–water partition coefficient (Wildman–Crippen LogP) is 5.66. The molecule has 1 amide bonds. The molecule has 0 spiro atoms. The van der Waals surface area contributed by atoms with Crippen molar-refractivity contribution in [2.75, 3.05) is 13.1 Å². The van der Waals surface area contributed by atoms with Crippen molar-refractivity contribution in [3.63, 3.8) is 0 Å². The number of rotatable bonds is 7. The van der Waals surface area contributed by atoms with Crippen molar-refractivity contribution < 1.29 is 31.5 Å². The van der Waals surface area contributed by atoms with Gasteiger partial charge in [-0.1, -0.05) is 17.7 Å². The maximum Gasteiger partial charge on any atom is 0.435 e. The van der Waals surface area contributed by atoms with Crippen LogP contribution in [0.1, 0.15) is 34.1 Å². The van der Waals surface area contributed by atoms with Gasteiger partial charge in [0.15, 0.2) is 23.1 Å². The molecule has 194 valence electrons. The molecule has 1 saturated heterocycles. The third kappa shape index (κ3) is 6.15. The summed E-state index contributed by atoms with van der Waals surface area (Å²) in [5, 5.41) is 4.02. The molecule has 3 heterocycles. The van der Waals surface area contributed by atoms with E-state index in [-0.39, 0.29) is 30.1 Å². The Kier molecular flexibility index (Phi) is 7.84. The summed E-state index contributed by atoms with van der Waals surface area (Å²) in [5.74, 6) is -2.07. The van der Waals surface area contributed by atoms with Gasteiger partial charge in [0.25, 0.3) is 0 Å². The van der Waals surface area contributed by atoms with E-state index in [4.69, 9.17) is 16.3 Å². The Morgan fingerprint density at radius 1 is 1.22 bits per heavy atom. The monoisotopic (exact) mass is 548 g/mol. The van der Waals surface area contributed by atoms with Crippen LogP contribution >= 0.6 is 22.9 Å². The molecule has 0 aliphatic carbocycles. The number of alkyl halides is 3. The van der Waals surface area contributed by atoms with Crippen molar-refractivity contribution in [3.8, 4) is 5.75 Å². The molecule has 0 bridgehead atoms. The lowest BCUT2D eigenvalue weighted by atomic mass is 9.94. The average Bonchev–Trinajstić information content (AvgIpc) is 3.35. The predicted molar refractivity (Wildman–Crippen MR) is 123 cm³/mol. The maximum atomic E-state index is 13.8. The van der Waals surface area contributed by atoms with Crippen molar-refractivity contribution in [2.24, 2.45) is 5.92 Å². The van der Waals surface area contributed by atoms with Crippen LogP contribution < -0.4 is 4.74 Å². The highest BCUT2D eigenvalue weighted by molar-refractivity contribution is 7.11. The third-order valence-electron chi connectivity index (χ3n) is 5.95. The molecule has 36 heavy (non-hydrogen) atoms.